The van der Waals surface area contributed by atoms with Crippen LogP contribution in [0.2, 0.25) is 0 Å². The topological polar surface area (TPSA) is 77.8 Å². The zero-order valence-electron chi connectivity index (χ0n) is 8.05. The summed E-state index contributed by atoms with van der Waals surface area (Å²) in [6.45, 7) is 0. The molecule has 2 unspecified atom stereocenters. The van der Waals surface area contributed by atoms with E-state index in [1.807, 2.05) is 0 Å². The molecule has 0 radical (unpaired) electrons. The van der Waals surface area contributed by atoms with Gasteiger partial charge in [0.25, 0.3) is 0 Å². The van der Waals surface area contributed by atoms with Gasteiger partial charge < -0.3 is 15.3 Å². The fraction of sp³-hybridized carbons (Fsp3) is 0.364. The molecule has 1 aromatic rings. The molecule has 1 aliphatic rings. The predicted molar refractivity (Wildman–Crippen MR) is 52.3 cm³/mol. The molecule has 4 nitrogen and oxygen atoms in total. The van der Waals surface area contributed by atoms with Gasteiger partial charge in [0.15, 0.2) is 0 Å². The van der Waals surface area contributed by atoms with Crippen molar-refractivity contribution < 1.29 is 20.1 Å². The molecular formula is C11H12O4. The van der Waals surface area contributed by atoms with Gasteiger partial charge in [-0.3, -0.25) is 0 Å². The molecule has 0 saturated heterocycles. The number of fused-ring (bicyclic) bond motifs is 1. The number of aliphatic hydroxyl groups is 2. The third-order valence-electron chi connectivity index (χ3n) is 2.92. The van der Waals surface area contributed by atoms with Crippen molar-refractivity contribution in [3.63, 3.8) is 0 Å². The van der Waals surface area contributed by atoms with Gasteiger partial charge in [-0.1, -0.05) is 24.3 Å². The third kappa shape index (κ3) is 1.33. The summed E-state index contributed by atoms with van der Waals surface area (Å²) in [5, 5.41) is 28.6. The van der Waals surface area contributed by atoms with Crippen LogP contribution in [-0.4, -0.2) is 27.4 Å². The summed E-state index contributed by atoms with van der Waals surface area (Å²) in [6, 6.07) is 6.77. The summed E-state index contributed by atoms with van der Waals surface area (Å²) in [6.07, 6.45) is -0.392. The largest absolute Gasteiger partial charge is 0.479 e. The van der Waals surface area contributed by atoms with Crippen molar-refractivity contribution in [1.29, 1.82) is 0 Å². The van der Waals surface area contributed by atoms with E-state index in [1.165, 1.54) is 0 Å². The highest BCUT2D eigenvalue weighted by molar-refractivity contribution is 5.81. The Hall–Kier alpha value is -1.39. The Labute approximate surface area is 86.8 Å². The molecule has 0 amide bonds. The average Bonchev–Trinajstić information content (AvgIpc) is 2.23. The lowest BCUT2D eigenvalue weighted by atomic mass is 9.77. The molecule has 80 valence electrons. The summed E-state index contributed by atoms with van der Waals surface area (Å²) in [5.41, 5.74) is -1.07. The smallest absolute Gasteiger partial charge is 0.343 e. The van der Waals surface area contributed by atoms with Crippen LogP contribution in [0.4, 0.5) is 0 Å². The molecule has 0 fully saturated rings. The van der Waals surface area contributed by atoms with Crippen LogP contribution >= 0.6 is 0 Å². The SMILES string of the molecule is O=C(O)C1(O)c2ccccc2CCC1O. The Morgan fingerprint density at radius 1 is 1.40 bits per heavy atom. The first-order chi connectivity index (χ1) is 7.06. The normalized spacial score (nSPS) is 29.6. The van der Waals surface area contributed by atoms with Crippen molar-refractivity contribution in [3.8, 4) is 0 Å². The number of carboxylic acid groups (broad SMARTS) is 1. The van der Waals surface area contributed by atoms with Crippen LogP contribution in [0.1, 0.15) is 17.5 Å². The first-order valence-corrected chi connectivity index (χ1v) is 4.79. The zero-order valence-corrected chi connectivity index (χ0v) is 8.05. The maximum Gasteiger partial charge on any atom is 0.343 e. The molecule has 0 bridgehead atoms. The second-order valence-corrected chi connectivity index (χ2v) is 3.78. The average molecular weight is 208 g/mol. The Morgan fingerprint density at radius 3 is 2.73 bits per heavy atom. The minimum Gasteiger partial charge on any atom is -0.479 e. The number of hydrogen-bond donors (Lipinski definition) is 3. The van der Waals surface area contributed by atoms with E-state index in [2.05, 4.69) is 0 Å². The summed E-state index contributed by atoms with van der Waals surface area (Å²) < 4.78 is 0. The second-order valence-electron chi connectivity index (χ2n) is 3.78. The van der Waals surface area contributed by atoms with E-state index in [0.717, 1.165) is 5.56 Å². The Kier molecular flexibility index (Phi) is 2.25. The summed E-state index contributed by atoms with van der Waals surface area (Å²) in [4.78, 5) is 11.0. The van der Waals surface area contributed by atoms with Gasteiger partial charge in [0, 0.05) is 5.56 Å². The minimum atomic E-state index is -2.16. The van der Waals surface area contributed by atoms with E-state index in [9.17, 15) is 15.0 Å². The fourth-order valence-electron chi connectivity index (χ4n) is 2.05. The Bertz CT molecular complexity index is 401. The minimum absolute atomic E-state index is 0.264. The first-order valence-electron chi connectivity index (χ1n) is 4.79. The van der Waals surface area contributed by atoms with Crippen molar-refractivity contribution in [3.05, 3.63) is 35.4 Å². The lowest BCUT2D eigenvalue weighted by Crippen LogP contribution is -2.49. The summed E-state index contributed by atoms with van der Waals surface area (Å²) >= 11 is 0. The lowest BCUT2D eigenvalue weighted by Gasteiger charge is -2.34. The van der Waals surface area contributed by atoms with Crippen molar-refractivity contribution >= 4 is 5.97 Å². The molecule has 0 heterocycles. The molecule has 4 heteroatoms. The van der Waals surface area contributed by atoms with Gasteiger partial charge in [-0.25, -0.2) is 4.79 Å². The van der Waals surface area contributed by atoms with E-state index >= 15 is 0 Å². The van der Waals surface area contributed by atoms with Crippen molar-refractivity contribution in [1.82, 2.24) is 0 Å². The Balaban J connectivity index is 2.60. The summed E-state index contributed by atoms with van der Waals surface area (Å²) in [7, 11) is 0. The van der Waals surface area contributed by atoms with Crippen molar-refractivity contribution in [2.45, 2.75) is 24.5 Å². The van der Waals surface area contributed by atoms with Crippen molar-refractivity contribution in [2.24, 2.45) is 0 Å². The monoisotopic (exact) mass is 208 g/mol. The fourth-order valence-corrected chi connectivity index (χ4v) is 2.05. The van der Waals surface area contributed by atoms with Crippen LogP contribution in [0, 0.1) is 0 Å². The van der Waals surface area contributed by atoms with Crippen LogP contribution in [0.3, 0.4) is 0 Å². The van der Waals surface area contributed by atoms with Gasteiger partial charge in [-0.2, -0.15) is 0 Å². The molecule has 0 aromatic heterocycles. The van der Waals surface area contributed by atoms with Gasteiger partial charge in [-0.15, -0.1) is 0 Å². The number of aliphatic hydroxyl groups excluding tert-OH is 1. The zero-order chi connectivity index (χ0) is 11.1. The van der Waals surface area contributed by atoms with Gasteiger partial charge >= 0.3 is 5.97 Å². The second kappa shape index (κ2) is 3.32. The van der Waals surface area contributed by atoms with E-state index in [-0.39, 0.29) is 6.42 Å². The molecular weight excluding hydrogens is 196 g/mol. The lowest BCUT2D eigenvalue weighted by molar-refractivity contribution is -0.175. The highest BCUT2D eigenvalue weighted by Gasteiger charge is 2.48. The maximum absolute atomic E-state index is 11.0. The number of hydrogen-bond acceptors (Lipinski definition) is 3. The highest BCUT2D eigenvalue weighted by Crippen LogP contribution is 2.35. The molecule has 0 spiro atoms. The highest BCUT2D eigenvalue weighted by atomic mass is 16.4. The van der Waals surface area contributed by atoms with Crippen LogP contribution in [0.25, 0.3) is 0 Å². The molecule has 1 aliphatic carbocycles. The number of rotatable bonds is 1. The number of aryl methyl sites for hydroxylation is 1. The third-order valence-corrected chi connectivity index (χ3v) is 2.92. The number of carboxylic acids is 1. The predicted octanol–water partition coefficient (Wildman–Crippen LogP) is 0.266. The molecule has 0 aliphatic heterocycles. The molecule has 2 atom stereocenters. The summed E-state index contributed by atoms with van der Waals surface area (Å²) in [5.74, 6) is -1.40. The van der Waals surface area contributed by atoms with E-state index < -0.39 is 17.7 Å². The molecule has 0 saturated carbocycles. The van der Waals surface area contributed by atoms with Crippen LogP contribution in [0.5, 0.6) is 0 Å². The molecule has 15 heavy (non-hydrogen) atoms. The van der Waals surface area contributed by atoms with Crippen LogP contribution in [0.15, 0.2) is 24.3 Å². The Morgan fingerprint density at radius 2 is 2.07 bits per heavy atom. The van der Waals surface area contributed by atoms with Gasteiger partial charge in [0.2, 0.25) is 5.60 Å². The van der Waals surface area contributed by atoms with E-state index in [4.69, 9.17) is 5.11 Å². The molecule has 1 aromatic carbocycles. The number of carbonyl (C=O) groups is 1. The number of benzene rings is 1. The van der Waals surface area contributed by atoms with Crippen LogP contribution in [-0.2, 0) is 16.8 Å². The van der Waals surface area contributed by atoms with E-state index in [0.29, 0.717) is 12.0 Å². The van der Waals surface area contributed by atoms with Gasteiger partial charge in [-0.05, 0) is 18.4 Å². The molecule has 2 rings (SSSR count). The van der Waals surface area contributed by atoms with Gasteiger partial charge in [0.1, 0.15) is 0 Å². The number of aliphatic carboxylic acids is 1. The van der Waals surface area contributed by atoms with Crippen molar-refractivity contribution in [2.75, 3.05) is 0 Å². The van der Waals surface area contributed by atoms with Crippen LogP contribution < -0.4 is 0 Å². The standard InChI is InChI=1S/C11H12O4/c12-9-6-5-7-3-1-2-4-8(7)11(9,15)10(13)14/h1-4,9,12,15H,5-6H2,(H,13,14). The van der Waals surface area contributed by atoms with E-state index in [1.54, 1.807) is 24.3 Å². The quantitative estimate of drug-likeness (QED) is 0.619. The van der Waals surface area contributed by atoms with Gasteiger partial charge in [0.05, 0.1) is 6.10 Å². The molecule has 3 N–H and O–H groups in total. The maximum atomic E-state index is 11.0. The first kappa shape index (κ1) is 10.1.